The third kappa shape index (κ3) is 6.84. The lowest BCUT2D eigenvalue weighted by atomic mass is 10.1. The monoisotopic (exact) mass is 154 g/mol. The first-order valence-corrected chi connectivity index (χ1v) is 3.64. The summed E-state index contributed by atoms with van der Waals surface area (Å²) < 4.78 is 4.70. The van der Waals surface area contributed by atoms with Crippen LogP contribution in [0.3, 0.4) is 0 Å². The van der Waals surface area contributed by atoms with E-state index in [2.05, 4.69) is 6.58 Å². The summed E-state index contributed by atoms with van der Waals surface area (Å²) in [7, 11) is 0. The van der Waals surface area contributed by atoms with Crippen molar-refractivity contribution in [2.45, 2.75) is 20.3 Å². The van der Waals surface area contributed by atoms with E-state index in [1.807, 2.05) is 13.8 Å². The molecule has 0 atom stereocenters. The molecule has 0 aromatic heterocycles. The molecule has 0 amide bonds. The van der Waals surface area contributed by atoms with Crippen LogP contribution in [0.2, 0.25) is 0 Å². The Morgan fingerprint density at radius 3 is 2.73 bits per heavy atom. The van der Waals surface area contributed by atoms with Crippen molar-refractivity contribution in [3.63, 3.8) is 0 Å². The van der Waals surface area contributed by atoms with Crippen molar-refractivity contribution in [1.82, 2.24) is 0 Å². The summed E-state index contributed by atoms with van der Waals surface area (Å²) in [6.45, 7) is 7.38. The molecule has 2 nitrogen and oxygen atoms in total. The number of allylic oxidation sites excluding steroid dienone is 2. The zero-order chi connectivity index (χ0) is 8.69. The van der Waals surface area contributed by atoms with Crippen molar-refractivity contribution < 1.29 is 9.53 Å². The van der Waals surface area contributed by atoms with Crippen LogP contribution in [0.25, 0.3) is 0 Å². The molecule has 0 unspecified atom stereocenters. The number of ether oxygens (including phenoxy) is 1. The van der Waals surface area contributed by atoms with Gasteiger partial charge in [-0.2, -0.15) is 0 Å². The molecule has 0 aliphatic rings. The Balaban J connectivity index is 3.53. The molecule has 0 aromatic rings. The van der Waals surface area contributed by atoms with E-state index in [-0.39, 0.29) is 5.97 Å². The Morgan fingerprint density at radius 2 is 2.27 bits per heavy atom. The number of hydrogen-bond acceptors (Lipinski definition) is 2. The van der Waals surface area contributed by atoms with Gasteiger partial charge in [-0.25, -0.2) is 0 Å². The molecule has 0 heterocycles. The molecule has 0 N–H and O–H groups in total. The topological polar surface area (TPSA) is 26.3 Å². The summed E-state index contributed by atoms with van der Waals surface area (Å²) in [5.74, 6) is 0.151. The average molecular weight is 154 g/mol. The highest BCUT2D eigenvalue weighted by atomic mass is 16.5. The van der Waals surface area contributed by atoms with Gasteiger partial charge in [-0.1, -0.05) is 26.5 Å². The molecular weight excluding hydrogens is 140 g/mol. The molecule has 0 aromatic carbocycles. The minimum Gasteiger partial charge on any atom is -0.434 e. The smallest absolute Gasteiger partial charge is 0.310 e. The molecule has 0 saturated heterocycles. The Morgan fingerprint density at radius 1 is 1.64 bits per heavy atom. The van der Waals surface area contributed by atoms with E-state index in [1.165, 1.54) is 6.26 Å². The standard InChI is InChI=1S/C9H14O2/c1-4-5-6-11-9(10)7-8(2)3/h4-6,8H,1,7H2,2-3H3. The zero-order valence-corrected chi connectivity index (χ0v) is 7.04. The summed E-state index contributed by atoms with van der Waals surface area (Å²) in [5, 5.41) is 0. The van der Waals surface area contributed by atoms with Gasteiger partial charge in [-0.15, -0.1) is 0 Å². The molecule has 0 radical (unpaired) electrons. The number of esters is 1. The summed E-state index contributed by atoms with van der Waals surface area (Å²) in [6, 6.07) is 0. The second-order valence-electron chi connectivity index (χ2n) is 2.65. The molecule has 0 spiro atoms. The fourth-order valence-corrected chi connectivity index (χ4v) is 0.552. The van der Waals surface area contributed by atoms with E-state index < -0.39 is 0 Å². The van der Waals surface area contributed by atoms with Gasteiger partial charge in [0.2, 0.25) is 0 Å². The first-order chi connectivity index (χ1) is 5.16. The Kier molecular flexibility index (Phi) is 5.17. The Labute approximate surface area is 67.6 Å². The number of hydrogen-bond donors (Lipinski definition) is 0. The first kappa shape index (κ1) is 9.95. The van der Waals surface area contributed by atoms with Crippen LogP contribution in [0.15, 0.2) is 25.0 Å². The van der Waals surface area contributed by atoms with E-state index in [0.717, 1.165) is 0 Å². The highest BCUT2D eigenvalue weighted by molar-refractivity contribution is 5.70. The van der Waals surface area contributed by atoms with Gasteiger partial charge in [0.1, 0.15) is 0 Å². The number of rotatable bonds is 4. The maximum Gasteiger partial charge on any atom is 0.310 e. The quantitative estimate of drug-likeness (QED) is 0.353. The van der Waals surface area contributed by atoms with Crippen LogP contribution < -0.4 is 0 Å². The molecule has 0 saturated carbocycles. The highest BCUT2D eigenvalue weighted by Crippen LogP contribution is 2.00. The fraction of sp³-hybridized carbons (Fsp3) is 0.444. The van der Waals surface area contributed by atoms with E-state index in [4.69, 9.17) is 4.74 Å². The molecular formula is C9H14O2. The largest absolute Gasteiger partial charge is 0.434 e. The van der Waals surface area contributed by atoms with E-state index in [9.17, 15) is 4.79 Å². The van der Waals surface area contributed by atoms with Crippen LogP contribution in [0.1, 0.15) is 20.3 Å². The van der Waals surface area contributed by atoms with Crippen LogP contribution in [0.4, 0.5) is 0 Å². The SMILES string of the molecule is C=CC=COC(=O)CC(C)C. The van der Waals surface area contributed by atoms with E-state index in [0.29, 0.717) is 12.3 Å². The predicted octanol–water partition coefficient (Wildman–Crippen LogP) is 2.28. The lowest BCUT2D eigenvalue weighted by Gasteiger charge is -2.00. The lowest BCUT2D eigenvalue weighted by Crippen LogP contribution is -2.03. The normalized spacial score (nSPS) is 10.5. The van der Waals surface area contributed by atoms with Crippen molar-refractivity contribution in [3.05, 3.63) is 25.0 Å². The molecule has 0 rings (SSSR count). The number of carbonyl (C=O) groups is 1. The van der Waals surface area contributed by atoms with Crippen molar-refractivity contribution >= 4 is 5.97 Å². The van der Waals surface area contributed by atoms with Crippen LogP contribution in [0, 0.1) is 5.92 Å². The van der Waals surface area contributed by atoms with Gasteiger partial charge in [-0.3, -0.25) is 4.79 Å². The maximum absolute atomic E-state index is 10.8. The van der Waals surface area contributed by atoms with Crippen LogP contribution >= 0.6 is 0 Å². The van der Waals surface area contributed by atoms with Gasteiger partial charge in [-0.05, 0) is 12.0 Å². The van der Waals surface area contributed by atoms with Gasteiger partial charge in [0, 0.05) is 6.42 Å². The van der Waals surface area contributed by atoms with Gasteiger partial charge in [0.25, 0.3) is 0 Å². The summed E-state index contributed by atoms with van der Waals surface area (Å²) in [4.78, 5) is 10.8. The van der Waals surface area contributed by atoms with Crippen LogP contribution in [-0.2, 0) is 9.53 Å². The van der Waals surface area contributed by atoms with E-state index in [1.54, 1.807) is 12.2 Å². The summed E-state index contributed by atoms with van der Waals surface area (Å²) in [5.41, 5.74) is 0. The van der Waals surface area contributed by atoms with Gasteiger partial charge < -0.3 is 4.74 Å². The highest BCUT2D eigenvalue weighted by Gasteiger charge is 2.02. The van der Waals surface area contributed by atoms with Gasteiger partial charge >= 0.3 is 5.97 Å². The second kappa shape index (κ2) is 5.71. The predicted molar refractivity (Wildman–Crippen MR) is 44.9 cm³/mol. The summed E-state index contributed by atoms with van der Waals surface area (Å²) >= 11 is 0. The molecule has 11 heavy (non-hydrogen) atoms. The molecule has 0 bridgehead atoms. The Bertz CT molecular complexity index is 157. The Hall–Kier alpha value is -1.05. The van der Waals surface area contributed by atoms with Crippen molar-refractivity contribution in [2.75, 3.05) is 0 Å². The van der Waals surface area contributed by atoms with Crippen molar-refractivity contribution in [2.24, 2.45) is 5.92 Å². The number of carbonyl (C=O) groups excluding carboxylic acids is 1. The maximum atomic E-state index is 10.8. The van der Waals surface area contributed by atoms with Crippen molar-refractivity contribution in [3.8, 4) is 0 Å². The second-order valence-corrected chi connectivity index (χ2v) is 2.65. The third-order valence-corrected chi connectivity index (χ3v) is 0.989. The van der Waals surface area contributed by atoms with E-state index >= 15 is 0 Å². The minimum atomic E-state index is -0.196. The lowest BCUT2D eigenvalue weighted by molar-refractivity contribution is -0.138. The molecule has 2 heteroatoms. The molecule has 0 aliphatic heterocycles. The fourth-order valence-electron chi connectivity index (χ4n) is 0.552. The molecule has 0 aliphatic carbocycles. The molecule has 0 fully saturated rings. The van der Waals surface area contributed by atoms with Gasteiger partial charge in [0.15, 0.2) is 0 Å². The third-order valence-electron chi connectivity index (χ3n) is 0.989. The average Bonchev–Trinajstić information content (AvgIpc) is 1.86. The van der Waals surface area contributed by atoms with Gasteiger partial charge in [0.05, 0.1) is 6.26 Å². The zero-order valence-electron chi connectivity index (χ0n) is 7.04. The molecule has 62 valence electrons. The summed E-state index contributed by atoms with van der Waals surface area (Å²) in [6.07, 6.45) is 4.94. The minimum absolute atomic E-state index is 0.196. The van der Waals surface area contributed by atoms with Crippen LogP contribution in [-0.4, -0.2) is 5.97 Å². The first-order valence-electron chi connectivity index (χ1n) is 3.64. The van der Waals surface area contributed by atoms with Crippen LogP contribution in [0.5, 0.6) is 0 Å². The van der Waals surface area contributed by atoms with Crippen molar-refractivity contribution in [1.29, 1.82) is 0 Å².